The van der Waals surface area contributed by atoms with Crippen molar-refractivity contribution in [3.63, 3.8) is 0 Å². The fourth-order valence-corrected chi connectivity index (χ4v) is 2.26. The topological polar surface area (TPSA) is 47.3 Å². The van der Waals surface area contributed by atoms with Crippen LogP contribution < -0.4 is 11.3 Å². The van der Waals surface area contributed by atoms with Gasteiger partial charge in [-0.1, -0.05) is 29.3 Å². The first-order chi connectivity index (χ1) is 8.67. The predicted molar refractivity (Wildman–Crippen MR) is 77.0 cm³/mol. The number of nitrogens with one attached hydrogen (secondary N) is 1. The highest BCUT2D eigenvalue weighted by molar-refractivity contribution is 6.35. The summed E-state index contributed by atoms with van der Waals surface area (Å²) in [6, 6.07) is 5.74. The van der Waals surface area contributed by atoms with E-state index in [0.717, 1.165) is 38.0 Å². The summed E-state index contributed by atoms with van der Waals surface area (Å²) >= 11 is 12.0. The SMILES string of the molecule is CCOCCCC(Cc1ccc(Cl)cc1Cl)NN. The first-order valence-corrected chi connectivity index (χ1v) is 6.90. The number of rotatable bonds is 8. The van der Waals surface area contributed by atoms with E-state index in [1.54, 1.807) is 6.07 Å². The summed E-state index contributed by atoms with van der Waals surface area (Å²) in [6.45, 7) is 3.51. The quantitative estimate of drug-likeness (QED) is 0.439. The maximum absolute atomic E-state index is 6.14. The second-order valence-electron chi connectivity index (χ2n) is 4.14. The number of hydrogen-bond donors (Lipinski definition) is 2. The number of halogens is 2. The van der Waals surface area contributed by atoms with Crippen LogP contribution in [0.15, 0.2) is 18.2 Å². The average molecular weight is 291 g/mol. The first kappa shape index (κ1) is 15.7. The number of ether oxygens (including phenoxy) is 1. The zero-order valence-corrected chi connectivity index (χ0v) is 12.1. The molecule has 0 heterocycles. The fraction of sp³-hybridized carbons (Fsp3) is 0.538. The minimum absolute atomic E-state index is 0.198. The van der Waals surface area contributed by atoms with Crippen LogP contribution >= 0.6 is 23.2 Å². The average Bonchev–Trinajstić information content (AvgIpc) is 2.35. The van der Waals surface area contributed by atoms with Crippen molar-refractivity contribution in [3.8, 4) is 0 Å². The molecule has 102 valence electrons. The molecule has 0 aliphatic rings. The molecule has 0 spiro atoms. The Bertz CT molecular complexity index is 361. The zero-order valence-electron chi connectivity index (χ0n) is 10.6. The first-order valence-electron chi connectivity index (χ1n) is 6.15. The lowest BCUT2D eigenvalue weighted by Crippen LogP contribution is -2.37. The molecule has 0 radical (unpaired) electrons. The molecule has 1 unspecified atom stereocenters. The molecule has 0 aliphatic heterocycles. The van der Waals surface area contributed by atoms with Gasteiger partial charge in [0.15, 0.2) is 0 Å². The monoisotopic (exact) mass is 290 g/mol. The Labute approximate surface area is 119 Å². The maximum atomic E-state index is 6.14. The van der Waals surface area contributed by atoms with E-state index in [4.69, 9.17) is 33.8 Å². The van der Waals surface area contributed by atoms with E-state index >= 15 is 0 Å². The third-order valence-corrected chi connectivity index (χ3v) is 3.35. The molecule has 0 aromatic heterocycles. The molecule has 0 bridgehead atoms. The fourth-order valence-electron chi connectivity index (χ4n) is 1.77. The van der Waals surface area contributed by atoms with Crippen molar-refractivity contribution in [1.29, 1.82) is 0 Å². The van der Waals surface area contributed by atoms with Crippen LogP contribution in [0.3, 0.4) is 0 Å². The Kier molecular flexibility index (Phi) is 7.63. The highest BCUT2D eigenvalue weighted by Crippen LogP contribution is 2.22. The molecule has 1 aromatic rings. The van der Waals surface area contributed by atoms with Crippen molar-refractivity contribution >= 4 is 23.2 Å². The summed E-state index contributed by atoms with van der Waals surface area (Å²) in [7, 11) is 0. The summed E-state index contributed by atoms with van der Waals surface area (Å²) in [5.74, 6) is 5.56. The van der Waals surface area contributed by atoms with Gasteiger partial charge in [0, 0.05) is 29.3 Å². The van der Waals surface area contributed by atoms with Gasteiger partial charge < -0.3 is 4.74 Å². The van der Waals surface area contributed by atoms with Gasteiger partial charge in [0.2, 0.25) is 0 Å². The molecule has 18 heavy (non-hydrogen) atoms. The Morgan fingerprint density at radius 1 is 1.39 bits per heavy atom. The van der Waals surface area contributed by atoms with Crippen LogP contribution in [-0.2, 0) is 11.2 Å². The molecule has 0 amide bonds. The van der Waals surface area contributed by atoms with Gasteiger partial charge in [0.1, 0.15) is 0 Å². The number of hydrogen-bond acceptors (Lipinski definition) is 3. The number of benzene rings is 1. The third-order valence-electron chi connectivity index (χ3n) is 2.76. The Balaban J connectivity index is 2.46. The highest BCUT2D eigenvalue weighted by atomic mass is 35.5. The van der Waals surface area contributed by atoms with Crippen molar-refractivity contribution < 1.29 is 4.74 Å². The Hall–Kier alpha value is -0.320. The smallest absolute Gasteiger partial charge is 0.0466 e. The van der Waals surface area contributed by atoms with E-state index in [1.807, 2.05) is 19.1 Å². The molecular formula is C13H20Cl2N2O. The van der Waals surface area contributed by atoms with Gasteiger partial charge in [0.05, 0.1) is 0 Å². The Morgan fingerprint density at radius 3 is 2.78 bits per heavy atom. The predicted octanol–water partition coefficient (Wildman–Crippen LogP) is 3.18. The Morgan fingerprint density at radius 2 is 2.17 bits per heavy atom. The van der Waals surface area contributed by atoms with Gasteiger partial charge in [-0.25, -0.2) is 0 Å². The van der Waals surface area contributed by atoms with Crippen molar-refractivity contribution in [2.24, 2.45) is 5.84 Å². The van der Waals surface area contributed by atoms with Crippen LogP contribution in [0.25, 0.3) is 0 Å². The second kappa shape index (κ2) is 8.73. The van der Waals surface area contributed by atoms with E-state index in [2.05, 4.69) is 5.43 Å². The molecule has 1 rings (SSSR count). The van der Waals surface area contributed by atoms with Crippen LogP contribution in [-0.4, -0.2) is 19.3 Å². The van der Waals surface area contributed by atoms with Crippen LogP contribution in [0.4, 0.5) is 0 Å². The van der Waals surface area contributed by atoms with Gasteiger partial charge in [-0.05, 0) is 43.9 Å². The lowest BCUT2D eigenvalue weighted by molar-refractivity contribution is 0.140. The lowest BCUT2D eigenvalue weighted by atomic mass is 10.0. The summed E-state index contributed by atoms with van der Waals surface area (Å²) < 4.78 is 5.31. The van der Waals surface area contributed by atoms with Crippen LogP contribution in [0.5, 0.6) is 0 Å². The molecule has 1 atom stereocenters. The normalized spacial score (nSPS) is 12.7. The van der Waals surface area contributed by atoms with Gasteiger partial charge in [0.25, 0.3) is 0 Å². The summed E-state index contributed by atoms with van der Waals surface area (Å²) in [6.07, 6.45) is 2.72. The maximum Gasteiger partial charge on any atom is 0.0466 e. The van der Waals surface area contributed by atoms with Crippen LogP contribution in [0.2, 0.25) is 10.0 Å². The second-order valence-corrected chi connectivity index (χ2v) is 4.99. The molecule has 0 fully saturated rings. The molecule has 3 nitrogen and oxygen atoms in total. The van der Waals surface area contributed by atoms with Gasteiger partial charge >= 0.3 is 0 Å². The summed E-state index contributed by atoms with van der Waals surface area (Å²) in [5, 5.41) is 1.34. The molecule has 5 heteroatoms. The van der Waals surface area contributed by atoms with Gasteiger partial charge in [-0.3, -0.25) is 11.3 Å². The van der Waals surface area contributed by atoms with E-state index in [1.165, 1.54) is 0 Å². The molecular weight excluding hydrogens is 271 g/mol. The van der Waals surface area contributed by atoms with Gasteiger partial charge in [-0.2, -0.15) is 0 Å². The molecule has 0 saturated heterocycles. The molecule has 0 saturated carbocycles. The zero-order chi connectivity index (χ0) is 13.4. The minimum atomic E-state index is 0.198. The largest absolute Gasteiger partial charge is 0.382 e. The highest BCUT2D eigenvalue weighted by Gasteiger charge is 2.10. The lowest BCUT2D eigenvalue weighted by Gasteiger charge is -2.16. The summed E-state index contributed by atoms with van der Waals surface area (Å²) in [5.41, 5.74) is 3.88. The van der Waals surface area contributed by atoms with E-state index in [9.17, 15) is 0 Å². The molecule has 0 aliphatic carbocycles. The number of nitrogens with two attached hydrogens (primary N) is 1. The van der Waals surface area contributed by atoms with Crippen molar-refractivity contribution in [2.45, 2.75) is 32.2 Å². The number of hydrazine groups is 1. The van der Waals surface area contributed by atoms with Crippen LogP contribution in [0, 0.1) is 0 Å². The minimum Gasteiger partial charge on any atom is -0.382 e. The standard InChI is InChI=1S/C13H20Cl2N2O/c1-2-18-7-3-4-12(17-16)8-10-5-6-11(14)9-13(10)15/h5-6,9,12,17H,2-4,7-8,16H2,1H3. The van der Waals surface area contributed by atoms with E-state index in [-0.39, 0.29) is 6.04 Å². The van der Waals surface area contributed by atoms with Crippen molar-refractivity contribution in [2.75, 3.05) is 13.2 Å². The van der Waals surface area contributed by atoms with E-state index in [0.29, 0.717) is 10.0 Å². The van der Waals surface area contributed by atoms with Crippen molar-refractivity contribution in [1.82, 2.24) is 5.43 Å². The van der Waals surface area contributed by atoms with E-state index < -0.39 is 0 Å². The van der Waals surface area contributed by atoms with Gasteiger partial charge in [-0.15, -0.1) is 0 Å². The van der Waals surface area contributed by atoms with Crippen molar-refractivity contribution in [3.05, 3.63) is 33.8 Å². The third kappa shape index (κ3) is 5.55. The molecule has 1 aromatic carbocycles. The van der Waals surface area contributed by atoms with Crippen LogP contribution in [0.1, 0.15) is 25.3 Å². The molecule has 3 N–H and O–H groups in total. The summed E-state index contributed by atoms with van der Waals surface area (Å²) in [4.78, 5) is 0.